The summed E-state index contributed by atoms with van der Waals surface area (Å²) in [7, 11) is 0. The molecule has 182 valence electrons. The van der Waals surface area contributed by atoms with Gasteiger partial charge < -0.3 is 52.7 Å². The molecule has 0 rings (SSSR count). The number of aliphatic hydroxyl groups excluding tert-OH is 6. The Morgan fingerprint density at radius 3 is 0.679 bits per heavy atom. The minimum atomic E-state index is 0.250. The van der Waals surface area contributed by atoms with Gasteiger partial charge in [0.25, 0.3) is 0 Å². The largest absolute Gasteiger partial charge is 0.397 e. The van der Waals surface area contributed by atoms with Crippen LogP contribution in [0.25, 0.3) is 0 Å². The maximum Gasteiger partial charge on any atom is 0.0402 e. The lowest BCUT2D eigenvalue weighted by atomic mass is 10.5. The highest BCUT2D eigenvalue weighted by molar-refractivity contribution is 4.51. The Balaban J connectivity index is -0.0000000412. The minimum Gasteiger partial charge on any atom is -0.397 e. The molecule has 0 spiro atoms. The van der Waals surface area contributed by atoms with Crippen molar-refractivity contribution in [1.82, 2.24) is 10.6 Å². The van der Waals surface area contributed by atoms with Gasteiger partial charge in [-0.25, -0.2) is 0 Å². The number of hydrogen-bond acceptors (Lipinski definition) is 10. The Morgan fingerprint density at radius 1 is 0.429 bits per heavy atom. The van der Waals surface area contributed by atoms with Crippen LogP contribution in [0.2, 0.25) is 0 Å². The molecule has 0 aliphatic heterocycles. The van der Waals surface area contributed by atoms with Gasteiger partial charge in [0.05, 0.1) is 0 Å². The fraction of sp³-hybridized carbons (Fsp3) is 1.00. The van der Waals surface area contributed by atoms with Crippen molar-refractivity contribution in [2.75, 3.05) is 78.9 Å². The number of hydrogen-bond donors (Lipinski definition) is 10. The number of aliphatic hydroxyl groups is 6. The van der Waals surface area contributed by atoms with E-state index in [4.69, 9.17) is 42.1 Å². The first-order valence-corrected chi connectivity index (χ1v) is 9.87. The van der Waals surface area contributed by atoms with Gasteiger partial charge in [-0.1, -0.05) is 0 Å². The van der Waals surface area contributed by atoms with Crippen LogP contribution in [-0.4, -0.2) is 110 Å². The normalized spacial score (nSPS) is 7.50. The van der Waals surface area contributed by atoms with Crippen molar-refractivity contribution in [3.8, 4) is 0 Å². The highest BCUT2D eigenvalue weighted by Gasteiger charge is 1.83. The van der Waals surface area contributed by atoms with Gasteiger partial charge in [-0.2, -0.15) is 0 Å². The third-order valence-corrected chi connectivity index (χ3v) is 1.12. The summed E-state index contributed by atoms with van der Waals surface area (Å²) < 4.78 is 0. The smallest absolute Gasteiger partial charge is 0.0402 e. The van der Waals surface area contributed by atoms with Gasteiger partial charge in [-0.3, -0.25) is 0 Å². The zero-order valence-corrected chi connectivity index (χ0v) is 19.3. The molecule has 10 heteroatoms. The highest BCUT2D eigenvalue weighted by Crippen LogP contribution is 1.57. The zero-order valence-electron chi connectivity index (χ0n) is 19.3. The average molecular weight is 423 g/mol. The van der Waals surface area contributed by atoms with Gasteiger partial charge in [-0.05, 0) is 41.5 Å². The maximum atomic E-state index is 7.57. The van der Waals surface area contributed by atoms with E-state index in [0.29, 0.717) is 13.1 Å². The Kier molecular flexibility index (Phi) is 155. The highest BCUT2D eigenvalue weighted by atomic mass is 16.3. The number of rotatable bonds is 7. The van der Waals surface area contributed by atoms with Crippen molar-refractivity contribution in [3.63, 3.8) is 0 Å². The van der Waals surface area contributed by atoms with E-state index >= 15 is 0 Å². The SMILES string of the molecule is CCO.CCO.CCO.CCO.CCO.CCO.NCCNCCNCCN. The van der Waals surface area contributed by atoms with Crippen LogP contribution in [0, 0.1) is 0 Å². The molecule has 0 saturated carbocycles. The van der Waals surface area contributed by atoms with E-state index in [1.54, 1.807) is 41.5 Å². The summed E-state index contributed by atoms with van der Waals surface area (Å²) in [5.41, 5.74) is 10.5. The number of nitrogens with one attached hydrogen (secondary N) is 2. The molecule has 0 saturated heterocycles. The van der Waals surface area contributed by atoms with Crippen molar-refractivity contribution in [3.05, 3.63) is 0 Å². The average Bonchev–Trinajstić information content (AvgIpc) is 2.62. The molecule has 0 aromatic carbocycles. The lowest BCUT2D eigenvalue weighted by Crippen LogP contribution is -2.32. The Bertz CT molecular complexity index is 119. The minimum absolute atomic E-state index is 0.250. The molecule has 12 N–H and O–H groups in total. The molecular formula is C18H54N4O6. The van der Waals surface area contributed by atoms with Crippen LogP contribution in [-0.2, 0) is 0 Å². The van der Waals surface area contributed by atoms with Gasteiger partial charge in [0.2, 0.25) is 0 Å². The van der Waals surface area contributed by atoms with E-state index < -0.39 is 0 Å². The van der Waals surface area contributed by atoms with Crippen LogP contribution in [0.5, 0.6) is 0 Å². The first-order valence-electron chi connectivity index (χ1n) is 9.87. The van der Waals surface area contributed by atoms with Crippen LogP contribution in [0.15, 0.2) is 0 Å². The molecule has 0 amide bonds. The summed E-state index contributed by atoms with van der Waals surface area (Å²) in [4.78, 5) is 0. The van der Waals surface area contributed by atoms with E-state index in [9.17, 15) is 0 Å². The molecule has 28 heavy (non-hydrogen) atoms. The van der Waals surface area contributed by atoms with Crippen LogP contribution >= 0.6 is 0 Å². The topological polar surface area (TPSA) is 197 Å². The van der Waals surface area contributed by atoms with Crippen molar-refractivity contribution in [2.24, 2.45) is 11.5 Å². The molecular weight excluding hydrogens is 368 g/mol. The molecule has 0 bridgehead atoms. The van der Waals surface area contributed by atoms with Gasteiger partial charge in [-0.15, -0.1) is 0 Å². The molecule has 0 aromatic heterocycles. The predicted octanol–water partition coefficient (Wildman–Crippen LogP) is -1.93. The van der Waals surface area contributed by atoms with Crippen LogP contribution in [0.4, 0.5) is 0 Å². The molecule has 0 unspecified atom stereocenters. The second kappa shape index (κ2) is 94.3. The van der Waals surface area contributed by atoms with Gasteiger partial charge in [0.15, 0.2) is 0 Å². The summed E-state index contributed by atoms with van der Waals surface area (Å²) in [5.74, 6) is 0. The van der Waals surface area contributed by atoms with Crippen LogP contribution in [0.3, 0.4) is 0 Å². The Labute approximate surface area is 174 Å². The number of nitrogens with two attached hydrogens (primary N) is 2. The van der Waals surface area contributed by atoms with Crippen LogP contribution in [0.1, 0.15) is 41.5 Å². The molecule has 0 fully saturated rings. The Hall–Kier alpha value is -0.400. The quantitative estimate of drug-likeness (QED) is 0.206. The monoisotopic (exact) mass is 422 g/mol. The third-order valence-electron chi connectivity index (χ3n) is 1.12. The van der Waals surface area contributed by atoms with Gasteiger partial charge in [0.1, 0.15) is 0 Å². The molecule has 0 radical (unpaired) electrons. The lowest BCUT2D eigenvalue weighted by molar-refractivity contribution is 0.318. The summed E-state index contributed by atoms with van der Waals surface area (Å²) in [6.07, 6.45) is 0. The van der Waals surface area contributed by atoms with Gasteiger partial charge >= 0.3 is 0 Å². The zero-order chi connectivity index (χ0) is 23.9. The summed E-state index contributed by atoms with van der Waals surface area (Å²) in [5, 5.41) is 51.7. The fourth-order valence-electron chi connectivity index (χ4n) is 0.631. The molecule has 0 atom stereocenters. The molecule has 0 aromatic rings. The second-order valence-electron chi connectivity index (χ2n) is 3.97. The van der Waals surface area contributed by atoms with Crippen LogP contribution < -0.4 is 22.1 Å². The molecule has 0 aliphatic carbocycles. The van der Waals surface area contributed by atoms with Crippen molar-refractivity contribution in [2.45, 2.75) is 41.5 Å². The summed E-state index contributed by atoms with van der Waals surface area (Å²) >= 11 is 0. The Morgan fingerprint density at radius 2 is 0.571 bits per heavy atom. The fourth-order valence-corrected chi connectivity index (χ4v) is 0.631. The third kappa shape index (κ3) is 356. The van der Waals surface area contributed by atoms with Crippen molar-refractivity contribution in [1.29, 1.82) is 0 Å². The predicted molar refractivity (Wildman–Crippen MR) is 120 cm³/mol. The molecule has 0 aliphatic rings. The maximum absolute atomic E-state index is 7.57. The molecule has 10 nitrogen and oxygen atoms in total. The van der Waals surface area contributed by atoms with Crippen molar-refractivity contribution >= 4 is 0 Å². The van der Waals surface area contributed by atoms with E-state index in [1.807, 2.05) is 0 Å². The summed E-state index contributed by atoms with van der Waals surface area (Å²) in [6, 6.07) is 0. The van der Waals surface area contributed by atoms with E-state index in [2.05, 4.69) is 10.6 Å². The summed E-state index contributed by atoms with van der Waals surface area (Å²) in [6.45, 7) is 16.7. The van der Waals surface area contributed by atoms with Gasteiger partial charge in [0, 0.05) is 78.9 Å². The van der Waals surface area contributed by atoms with E-state index in [0.717, 1.165) is 26.2 Å². The standard InChI is InChI=1S/C6H18N4.6C2H6O/c7-1-3-9-5-6-10-4-2-8;6*1-2-3/h9-10H,1-8H2;6*3H,2H2,1H3. The lowest BCUT2D eigenvalue weighted by Gasteiger charge is -2.03. The first kappa shape index (κ1) is 46.0. The van der Waals surface area contributed by atoms with E-state index in [-0.39, 0.29) is 39.6 Å². The molecule has 0 heterocycles. The second-order valence-corrected chi connectivity index (χ2v) is 3.97. The van der Waals surface area contributed by atoms with E-state index in [1.165, 1.54) is 0 Å². The van der Waals surface area contributed by atoms with Crippen molar-refractivity contribution < 1.29 is 30.6 Å². The first-order chi connectivity index (χ1) is 13.4.